The topological polar surface area (TPSA) is 21.7 Å². The minimum absolute atomic E-state index is 0.00978. The first-order chi connectivity index (χ1) is 11.9. The second-order valence-electron chi connectivity index (χ2n) is 6.79. The molecule has 4 rings (SSSR count). The summed E-state index contributed by atoms with van der Waals surface area (Å²) >= 11 is 0. The molecule has 24 heavy (non-hydrogen) atoms. The van der Waals surface area contributed by atoms with Gasteiger partial charge in [-0.2, -0.15) is 0 Å². The third-order valence-corrected chi connectivity index (χ3v) is 5.38. The molecule has 0 saturated carbocycles. The van der Waals surface area contributed by atoms with E-state index in [4.69, 9.17) is 9.47 Å². The van der Waals surface area contributed by atoms with Gasteiger partial charge in [0.1, 0.15) is 12.4 Å². The summed E-state index contributed by atoms with van der Waals surface area (Å²) in [6, 6.07) is 19.4. The highest BCUT2D eigenvalue weighted by Crippen LogP contribution is 2.46. The third-order valence-electron chi connectivity index (χ3n) is 5.38. The molecule has 0 aromatic heterocycles. The van der Waals surface area contributed by atoms with E-state index in [1.165, 1.54) is 17.5 Å². The van der Waals surface area contributed by atoms with Crippen molar-refractivity contribution in [2.45, 2.75) is 18.3 Å². The lowest BCUT2D eigenvalue weighted by atomic mass is 9.73. The SMILES string of the molecule is c1ccc(C2(CCCN3CCOCC3)COc3ccccc32)cc1. The van der Waals surface area contributed by atoms with Crippen molar-refractivity contribution < 1.29 is 9.47 Å². The minimum Gasteiger partial charge on any atom is -0.492 e. The van der Waals surface area contributed by atoms with Gasteiger partial charge in [0.2, 0.25) is 0 Å². The number of morpholine rings is 1. The smallest absolute Gasteiger partial charge is 0.123 e. The quantitative estimate of drug-likeness (QED) is 0.841. The van der Waals surface area contributed by atoms with Crippen LogP contribution < -0.4 is 4.74 Å². The van der Waals surface area contributed by atoms with Gasteiger partial charge in [0.15, 0.2) is 0 Å². The van der Waals surface area contributed by atoms with E-state index in [0.29, 0.717) is 0 Å². The molecule has 3 nitrogen and oxygen atoms in total. The maximum atomic E-state index is 6.08. The molecule has 1 atom stereocenters. The largest absolute Gasteiger partial charge is 0.492 e. The van der Waals surface area contributed by atoms with Crippen LogP contribution in [0, 0.1) is 0 Å². The van der Waals surface area contributed by atoms with Crippen molar-refractivity contribution in [3.63, 3.8) is 0 Å². The third kappa shape index (κ3) is 2.94. The first-order valence-corrected chi connectivity index (χ1v) is 8.96. The predicted octanol–water partition coefficient (Wildman–Crippen LogP) is 3.48. The van der Waals surface area contributed by atoms with Crippen LogP contribution in [-0.4, -0.2) is 44.4 Å². The lowest BCUT2D eigenvalue weighted by Gasteiger charge is -2.31. The molecule has 0 N–H and O–H groups in total. The fourth-order valence-corrected chi connectivity index (χ4v) is 4.04. The Bertz CT molecular complexity index is 667. The Morgan fingerprint density at radius 1 is 0.917 bits per heavy atom. The monoisotopic (exact) mass is 323 g/mol. The Labute approximate surface area is 144 Å². The van der Waals surface area contributed by atoms with Crippen LogP contribution in [0.2, 0.25) is 0 Å². The Kier molecular flexibility index (Phi) is 4.54. The molecule has 2 heterocycles. The summed E-state index contributed by atoms with van der Waals surface area (Å²) in [6.07, 6.45) is 2.29. The van der Waals surface area contributed by atoms with Gasteiger partial charge in [0.05, 0.1) is 18.6 Å². The van der Waals surface area contributed by atoms with Gasteiger partial charge in [-0.25, -0.2) is 0 Å². The summed E-state index contributed by atoms with van der Waals surface area (Å²) in [5.41, 5.74) is 2.71. The molecule has 0 bridgehead atoms. The Hall–Kier alpha value is -1.84. The fourth-order valence-electron chi connectivity index (χ4n) is 4.04. The van der Waals surface area contributed by atoms with Gasteiger partial charge in [0, 0.05) is 18.7 Å². The average molecular weight is 323 g/mol. The Balaban J connectivity index is 1.56. The Morgan fingerprint density at radius 2 is 1.67 bits per heavy atom. The van der Waals surface area contributed by atoms with E-state index >= 15 is 0 Å². The second-order valence-corrected chi connectivity index (χ2v) is 6.79. The molecule has 0 amide bonds. The normalized spacial score (nSPS) is 23.7. The number of hydrogen-bond acceptors (Lipinski definition) is 3. The summed E-state index contributed by atoms with van der Waals surface area (Å²) in [5.74, 6) is 1.05. The van der Waals surface area contributed by atoms with Gasteiger partial charge in [0.25, 0.3) is 0 Å². The van der Waals surface area contributed by atoms with Gasteiger partial charge in [-0.05, 0) is 31.0 Å². The number of para-hydroxylation sites is 1. The van der Waals surface area contributed by atoms with Crippen molar-refractivity contribution in [1.82, 2.24) is 4.90 Å². The maximum absolute atomic E-state index is 6.08. The number of hydrogen-bond donors (Lipinski definition) is 0. The minimum atomic E-state index is -0.00978. The highest BCUT2D eigenvalue weighted by Gasteiger charge is 2.41. The van der Waals surface area contributed by atoms with E-state index in [1.807, 2.05) is 0 Å². The van der Waals surface area contributed by atoms with Crippen LogP contribution in [-0.2, 0) is 10.2 Å². The first-order valence-electron chi connectivity index (χ1n) is 8.96. The van der Waals surface area contributed by atoms with Crippen molar-refractivity contribution in [2.75, 3.05) is 39.5 Å². The Morgan fingerprint density at radius 3 is 2.50 bits per heavy atom. The highest BCUT2D eigenvalue weighted by atomic mass is 16.5. The van der Waals surface area contributed by atoms with Gasteiger partial charge in [-0.1, -0.05) is 48.5 Å². The van der Waals surface area contributed by atoms with Crippen LogP contribution in [0.5, 0.6) is 5.75 Å². The molecule has 2 aromatic rings. The number of benzene rings is 2. The summed E-state index contributed by atoms with van der Waals surface area (Å²) in [7, 11) is 0. The van der Waals surface area contributed by atoms with E-state index < -0.39 is 0 Å². The molecule has 2 aliphatic rings. The maximum Gasteiger partial charge on any atom is 0.123 e. The molecule has 1 unspecified atom stereocenters. The summed E-state index contributed by atoms with van der Waals surface area (Å²) in [5, 5.41) is 0. The van der Waals surface area contributed by atoms with Crippen LogP contribution in [0.4, 0.5) is 0 Å². The van der Waals surface area contributed by atoms with Gasteiger partial charge in [-0.15, -0.1) is 0 Å². The highest BCUT2D eigenvalue weighted by molar-refractivity contribution is 5.50. The van der Waals surface area contributed by atoms with Gasteiger partial charge in [-0.3, -0.25) is 4.90 Å². The van der Waals surface area contributed by atoms with E-state index in [1.54, 1.807) is 0 Å². The molecule has 126 valence electrons. The van der Waals surface area contributed by atoms with Crippen molar-refractivity contribution in [2.24, 2.45) is 0 Å². The standard InChI is InChI=1S/C21H25NO2/c1-2-7-18(8-3-1)21(11-6-12-22-13-15-23-16-14-22)17-24-20-10-5-4-9-19(20)21/h1-5,7-10H,6,11-17H2. The summed E-state index contributed by atoms with van der Waals surface area (Å²) < 4.78 is 11.5. The zero-order valence-electron chi connectivity index (χ0n) is 14.1. The molecule has 0 radical (unpaired) electrons. The number of nitrogens with zero attached hydrogens (tertiary/aromatic N) is 1. The fraction of sp³-hybridized carbons (Fsp3) is 0.429. The molecule has 0 spiro atoms. The second kappa shape index (κ2) is 6.96. The molecule has 3 heteroatoms. The van der Waals surface area contributed by atoms with E-state index in [9.17, 15) is 0 Å². The average Bonchev–Trinajstić information content (AvgIpc) is 3.04. The van der Waals surface area contributed by atoms with Crippen LogP contribution >= 0.6 is 0 Å². The predicted molar refractivity (Wildman–Crippen MR) is 95.7 cm³/mol. The van der Waals surface area contributed by atoms with Gasteiger partial charge < -0.3 is 9.47 Å². The lowest BCUT2D eigenvalue weighted by Crippen LogP contribution is -2.38. The number of rotatable bonds is 5. The van der Waals surface area contributed by atoms with Gasteiger partial charge >= 0.3 is 0 Å². The van der Waals surface area contributed by atoms with Crippen LogP contribution in [0.15, 0.2) is 54.6 Å². The molecular weight excluding hydrogens is 298 g/mol. The van der Waals surface area contributed by atoms with Crippen LogP contribution in [0.1, 0.15) is 24.0 Å². The zero-order chi connectivity index (χ0) is 16.2. The molecule has 1 saturated heterocycles. The first kappa shape index (κ1) is 15.7. The van der Waals surface area contributed by atoms with Crippen molar-refractivity contribution in [1.29, 1.82) is 0 Å². The molecular formula is C21H25NO2. The van der Waals surface area contributed by atoms with Crippen molar-refractivity contribution in [3.05, 3.63) is 65.7 Å². The molecule has 2 aromatic carbocycles. The van der Waals surface area contributed by atoms with Crippen LogP contribution in [0.3, 0.4) is 0 Å². The molecule has 1 fully saturated rings. The van der Waals surface area contributed by atoms with Crippen LogP contribution in [0.25, 0.3) is 0 Å². The molecule has 2 aliphatic heterocycles. The number of ether oxygens (including phenoxy) is 2. The zero-order valence-corrected chi connectivity index (χ0v) is 14.1. The van der Waals surface area contributed by atoms with E-state index in [0.717, 1.165) is 51.6 Å². The lowest BCUT2D eigenvalue weighted by molar-refractivity contribution is 0.0365. The summed E-state index contributed by atoms with van der Waals surface area (Å²) in [4.78, 5) is 2.52. The molecule has 0 aliphatic carbocycles. The van der Waals surface area contributed by atoms with E-state index in [-0.39, 0.29) is 5.41 Å². The summed E-state index contributed by atoms with van der Waals surface area (Å²) in [6.45, 7) is 5.75. The number of fused-ring (bicyclic) bond motifs is 1. The van der Waals surface area contributed by atoms with Crippen molar-refractivity contribution in [3.8, 4) is 5.75 Å². The van der Waals surface area contributed by atoms with Crippen molar-refractivity contribution >= 4 is 0 Å². The van der Waals surface area contributed by atoms with E-state index in [2.05, 4.69) is 59.5 Å².